The largest absolute Gasteiger partial charge is 0.368 e. The topological polar surface area (TPSA) is 68.2 Å². The molecule has 0 bridgehead atoms. The van der Waals surface area contributed by atoms with Crippen LogP contribution in [0.5, 0.6) is 0 Å². The van der Waals surface area contributed by atoms with E-state index in [-0.39, 0.29) is 12.0 Å². The molecule has 6 heteroatoms. The zero-order valence-electron chi connectivity index (χ0n) is 15.6. The van der Waals surface area contributed by atoms with Crippen molar-refractivity contribution in [2.45, 2.75) is 18.9 Å². The summed E-state index contributed by atoms with van der Waals surface area (Å²) in [5.74, 6) is 0.162. The average molecular weight is 374 g/mol. The number of aryl methyl sites for hydroxylation is 1. The highest BCUT2D eigenvalue weighted by Gasteiger charge is 2.26. The first-order chi connectivity index (χ1) is 13.8. The lowest BCUT2D eigenvalue weighted by atomic mass is 10.1. The molecule has 0 N–H and O–H groups in total. The van der Waals surface area contributed by atoms with E-state index in [0.29, 0.717) is 26.1 Å². The lowest BCUT2D eigenvalue weighted by Gasteiger charge is -2.32. The van der Waals surface area contributed by atoms with Crippen LogP contribution in [0, 0.1) is 0 Å². The lowest BCUT2D eigenvalue weighted by molar-refractivity contribution is -0.139. The molecule has 1 saturated heterocycles. The Bertz CT molecular complexity index is 901. The van der Waals surface area contributed by atoms with Gasteiger partial charge in [0.05, 0.1) is 18.8 Å². The molecule has 3 heterocycles. The predicted molar refractivity (Wildman–Crippen MR) is 105 cm³/mol. The number of pyridine rings is 1. The molecule has 1 atom stereocenters. The molecular weight excluding hydrogens is 352 g/mol. The van der Waals surface area contributed by atoms with E-state index in [2.05, 4.69) is 27.1 Å². The van der Waals surface area contributed by atoms with Crippen LogP contribution in [-0.2, 0) is 16.0 Å². The van der Waals surface area contributed by atoms with Crippen molar-refractivity contribution in [2.24, 2.45) is 0 Å². The molecular formula is C22H22N4O2. The van der Waals surface area contributed by atoms with Crippen molar-refractivity contribution >= 4 is 5.91 Å². The monoisotopic (exact) mass is 374 g/mol. The van der Waals surface area contributed by atoms with Crippen LogP contribution in [0.4, 0.5) is 0 Å². The van der Waals surface area contributed by atoms with Gasteiger partial charge in [0.2, 0.25) is 5.91 Å². The highest BCUT2D eigenvalue weighted by atomic mass is 16.5. The minimum absolute atomic E-state index is 0.162. The van der Waals surface area contributed by atoms with E-state index >= 15 is 0 Å². The molecule has 1 aliphatic heterocycles. The third-order valence-electron chi connectivity index (χ3n) is 4.90. The number of ether oxygens (including phenoxy) is 1. The molecule has 142 valence electrons. The minimum atomic E-state index is -0.199. The van der Waals surface area contributed by atoms with Crippen LogP contribution in [-0.4, -0.2) is 45.5 Å². The van der Waals surface area contributed by atoms with E-state index in [1.54, 1.807) is 18.6 Å². The van der Waals surface area contributed by atoms with Gasteiger partial charge in [0.1, 0.15) is 12.4 Å². The number of hydrogen-bond donors (Lipinski definition) is 0. The van der Waals surface area contributed by atoms with Gasteiger partial charge in [0, 0.05) is 42.7 Å². The standard InChI is InChI=1S/C22H22N4O2/c27-22(9-6-17-4-2-1-3-5-17)26-10-11-28-21(15-26)20-8-7-18(14-25-20)19-12-23-16-24-13-19/h1-5,7-8,12-14,16,21H,6,9-11,15H2. The number of carbonyl (C=O) groups excluding carboxylic acids is 1. The quantitative estimate of drug-likeness (QED) is 0.687. The highest BCUT2D eigenvalue weighted by molar-refractivity contribution is 5.76. The van der Waals surface area contributed by atoms with Gasteiger partial charge in [0.25, 0.3) is 0 Å². The van der Waals surface area contributed by atoms with Crippen LogP contribution in [0.25, 0.3) is 11.1 Å². The van der Waals surface area contributed by atoms with Crippen molar-refractivity contribution in [2.75, 3.05) is 19.7 Å². The molecule has 1 aliphatic rings. The van der Waals surface area contributed by atoms with Gasteiger partial charge in [0.15, 0.2) is 0 Å². The molecule has 2 aromatic heterocycles. The van der Waals surface area contributed by atoms with E-state index in [4.69, 9.17) is 4.74 Å². The molecule has 1 amide bonds. The fourth-order valence-corrected chi connectivity index (χ4v) is 3.32. The van der Waals surface area contributed by atoms with Crippen molar-refractivity contribution in [1.29, 1.82) is 0 Å². The Labute approximate surface area is 164 Å². The first kappa shape index (κ1) is 18.3. The molecule has 1 unspecified atom stereocenters. The highest BCUT2D eigenvalue weighted by Crippen LogP contribution is 2.24. The molecule has 0 aliphatic carbocycles. The zero-order chi connectivity index (χ0) is 19.2. The van der Waals surface area contributed by atoms with Crippen molar-refractivity contribution in [3.05, 3.63) is 78.6 Å². The maximum absolute atomic E-state index is 12.6. The van der Waals surface area contributed by atoms with Crippen molar-refractivity contribution in [3.63, 3.8) is 0 Å². The second kappa shape index (κ2) is 8.71. The van der Waals surface area contributed by atoms with E-state index in [1.807, 2.05) is 35.2 Å². The Hall–Kier alpha value is -3.12. The fraction of sp³-hybridized carbons (Fsp3) is 0.273. The summed E-state index contributed by atoms with van der Waals surface area (Å²) in [6.07, 6.45) is 7.89. The number of amides is 1. The number of morpholine rings is 1. The Morgan fingerprint density at radius 3 is 2.61 bits per heavy atom. The summed E-state index contributed by atoms with van der Waals surface area (Å²) in [6, 6.07) is 14.0. The molecule has 1 fully saturated rings. The Kier molecular flexibility index (Phi) is 5.68. The third kappa shape index (κ3) is 4.40. The number of benzene rings is 1. The van der Waals surface area contributed by atoms with Gasteiger partial charge in [-0.1, -0.05) is 36.4 Å². The van der Waals surface area contributed by atoms with Gasteiger partial charge in [-0.25, -0.2) is 9.97 Å². The number of hydrogen-bond acceptors (Lipinski definition) is 5. The third-order valence-corrected chi connectivity index (χ3v) is 4.90. The maximum Gasteiger partial charge on any atom is 0.223 e. The molecule has 3 aromatic rings. The molecule has 28 heavy (non-hydrogen) atoms. The van der Waals surface area contributed by atoms with E-state index < -0.39 is 0 Å². The van der Waals surface area contributed by atoms with Gasteiger partial charge in [-0.3, -0.25) is 9.78 Å². The molecule has 6 nitrogen and oxygen atoms in total. The van der Waals surface area contributed by atoms with Gasteiger partial charge in [-0.15, -0.1) is 0 Å². The second-order valence-electron chi connectivity index (χ2n) is 6.78. The van der Waals surface area contributed by atoms with Crippen LogP contribution in [0.2, 0.25) is 0 Å². The molecule has 4 rings (SSSR count). The Balaban J connectivity index is 1.37. The summed E-state index contributed by atoms with van der Waals surface area (Å²) in [6.45, 7) is 1.69. The number of carbonyl (C=O) groups is 1. The normalized spacial score (nSPS) is 16.7. The summed E-state index contributed by atoms with van der Waals surface area (Å²) >= 11 is 0. The first-order valence-corrected chi connectivity index (χ1v) is 9.44. The van der Waals surface area contributed by atoms with E-state index in [0.717, 1.165) is 23.2 Å². The summed E-state index contributed by atoms with van der Waals surface area (Å²) in [4.78, 5) is 27.1. The average Bonchev–Trinajstić information content (AvgIpc) is 2.79. The summed E-state index contributed by atoms with van der Waals surface area (Å²) in [5.41, 5.74) is 3.89. The van der Waals surface area contributed by atoms with Crippen LogP contribution >= 0.6 is 0 Å². The van der Waals surface area contributed by atoms with Gasteiger partial charge in [-0.2, -0.15) is 0 Å². The first-order valence-electron chi connectivity index (χ1n) is 9.44. The predicted octanol–water partition coefficient (Wildman–Crippen LogP) is 3.07. The summed E-state index contributed by atoms with van der Waals surface area (Å²) < 4.78 is 5.87. The Morgan fingerprint density at radius 2 is 1.86 bits per heavy atom. The SMILES string of the molecule is O=C(CCc1ccccc1)N1CCOC(c2ccc(-c3cncnc3)cn2)C1. The number of aromatic nitrogens is 3. The maximum atomic E-state index is 12.6. The lowest BCUT2D eigenvalue weighted by Crippen LogP contribution is -2.42. The van der Waals surface area contributed by atoms with E-state index in [9.17, 15) is 4.79 Å². The fourth-order valence-electron chi connectivity index (χ4n) is 3.32. The summed E-state index contributed by atoms with van der Waals surface area (Å²) in [7, 11) is 0. The van der Waals surface area contributed by atoms with Crippen molar-refractivity contribution < 1.29 is 9.53 Å². The van der Waals surface area contributed by atoms with Gasteiger partial charge < -0.3 is 9.64 Å². The summed E-state index contributed by atoms with van der Waals surface area (Å²) in [5, 5.41) is 0. The molecule has 1 aromatic carbocycles. The van der Waals surface area contributed by atoms with Crippen LogP contribution in [0.1, 0.15) is 23.8 Å². The van der Waals surface area contributed by atoms with Crippen LogP contribution < -0.4 is 0 Å². The zero-order valence-corrected chi connectivity index (χ0v) is 15.6. The number of nitrogens with zero attached hydrogens (tertiary/aromatic N) is 4. The van der Waals surface area contributed by atoms with Gasteiger partial charge in [-0.05, 0) is 18.1 Å². The Morgan fingerprint density at radius 1 is 1.04 bits per heavy atom. The smallest absolute Gasteiger partial charge is 0.223 e. The molecule has 0 saturated carbocycles. The van der Waals surface area contributed by atoms with Crippen LogP contribution in [0.15, 0.2) is 67.4 Å². The molecule has 0 radical (unpaired) electrons. The second-order valence-corrected chi connectivity index (χ2v) is 6.78. The van der Waals surface area contributed by atoms with Crippen molar-refractivity contribution in [1.82, 2.24) is 19.9 Å². The van der Waals surface area contributed by atoms with Crippen molar-refractivity contribution in [3.8, 4) is 11.1 Å². The van der Waals surface area contributed by atoms with Crippen LogP contribution in [0.3, 0.4) is 0 Å². The minimum Gasteiger partial charge on any atom is -0.368 e. The van der Waals surface area contributed by atoms with Gasteiger partial charge >= 0.3 is 0 Å². The molecule has 0 spiro atoms. The van der Waals surface area contributed by atoms with E-state index in [1.165, 1.54) is 11.9 Å². The number of rotatable bonds is 5.